The SMILES string of the molecule is CC1NC1C(C)(C)C. The third-order valence-electron chi connectivity index (χ3n) is 1.77. The van der Waals surface area contributed by atoms with Crippen LogP contribution in [-0.4, -0.2) is 12.1 Å². The first kappa shape index (κ1) is 6.09. The lowest BCUT2D eigenvalue weighted by Crippen LogP contribution is -2.16. The van der Waals surface area contributed by atoms with E-state index >= 15 is 0 Å². The van der Waals surface area contributed by atoms with E-state index < -0.39 is 0 Å². The van der Waals surface area contributed by atoms with Crippen molar-refractivity contribution in [2.24, 2.45) is 5.41 Å². The zero-order valence-corrected chi connectivity index (χ0v) is 6.15. The van der Waals surface area contributed by atoms with Gasteiger partial charge >= 0.3 is 0 Å². The van der Waals surface area contributed by atoms with Crippen LogP contribution in [0.5, 0.6) is 0 Å². The number of nitrogens with one attached hydrogen (secondary N) is 1. The van der Waals surface area contributed by atoms with Gasteiger partial charge in [0.15, 0.2) is 0 Å². The maximum atomic E-state index is 3.37. The summed E-state index contributed by atoms with van der Waals surface area (Å²) in [6, 6.07) is 1.53. The molecule has 1 aliphatic heterocycles. The largest absolute Gasteiger partial charge is 0.308 e. The van der Waals surface area contributed by atoms with Gasteiger partial charge in [0, 0.05) is 12.1 Å². The van der Waals surface area contributed by atoms with Gasteiger partial charge in [0.05, 0.1) is 0 Å². The lowest BCUT2D eigenvalue weighted by Gasteiger charge is -2.15. The van der Waals surface area contributed by atoms with Crippen molar-refractivity contribution in [1.82, 2.24) is 5.32 Å². The summed E-state index contributed by atoms with van der Waals surface area (Å²) in [5.41, 5.74) is 0.472. The van der Waals surface area contributed by atoms with Crippen molar-refractivity contribution in [3.8, 4) is 0 Å². The van der Waals surface area contributed by atoms with Crippen LogP contribution in [0.1, 0.15) is 27.7 Å². The van der Waals surface area contributed by atoms with Crippen LogP contribution < -0.4 is 5.32 Å². The van der Waals surface area contributed by atoms with Crippen LogP contribution in [0.4, 0.5) is 0 Å². The molecule has 1 heterocycles. The Hall–Kier alpha value is -0.0400. The van der Waals surface area contributed by atoms with Gasteiger partial charge in [-0.15, -0.1) is 0 Å². The molecule has 1 fully saturated rings. The van der Waals surface area contributed by atoms with E-state index in [0.29, 0.717) is 5.41 Å². The van der Waals surface area contributed by atoms with Crippen molar-refractivity contribution in [3.63, 3.8) is 0 Å². The first-order valence-corrected chi connectivity index (χ1v) is 3.28. The van der Waals surface area contributed by atoms with Crippen molar-refractivity contribution >= 4 is 0 Å². The minimum absolute atomic E-state index is 0.472. The Morgan fingerprint density at radius 1 is 1.25 bits per heavy atom. The fourth-order valence-electron chi connectivity index (χ4n) is 1.23. The Balaban J connectivity index is 2.39. The van der Waals surface area contributed by atoms with Crippen molar-refractivity contribution < 1.29 is 0 Å². The second kappa shape index (κ2) is 1.47. The molecule has 1 aliphatic rings. The minimum Gasteiger partial charge on any atom is -0.308 e. The molecule has 0 bridgehead atoms. The highest BCUT2D eigenvalue weighted by Crippen LogP contribution is 2.30. The summed E-state index contributed by atoms with van der Waals surface area (Å²) in [5.74, 6) is 0. The molecule has 0 aromatic carbocycles. The molecule has 1 heteroatoms. The van der Waals surface area contributed by atoms with Crippen LogP contribution in [0.3, 0.4) is 0 Å². The van der Waals surface area contributed by atoms with E-state index in [2.05, 4.69) is 33.0 Å². The van der Waals surface area contributed by atoms with Crippen LogP contribution in [0.2, 0.25) is 0 Å². The van der Waals surface area contributed by atoms with Gasteiger partial charge in [-0.05, 0) is 12.3 Å². The Morgan fingerprint density at radius 3 is 1.62 bits per heavy atom. The Morgan fingerprint density at radius 2 is 1.62 bits per heavy atom. The highest BCUT2D eigenvalue weighted by Gasteiger charge is 2.40. The summed E-state index contributed by atoms with van der Waals surface area (Å²) in [6.45, 7) is 9.05. The zero-order valence-electron chi connectivity index (χ0n) is 6.15. The molecule has 0 aliphatic carbocycles. The Labute approximate surface area is 51.5 Å². The summed E-state index contributed by atoms with van der Waals surface area (Å²) in [4.78, 5) is 0. The molecule has 0 amide bonds. The molecular weight excluding hydrogens is 98.1 g/mol. The van der Waals surface area contributed by atoms with Crippen LogP contribution in [0, 0.1) is 5.41 Å². The highest BCUT2D eigenvalue weighted by atomic mass is 15.2. The molecule has 0 aromatic heterocycles. The van der Waals surface area contributed by atoms with E-state index in [4.69, 9.17) is 0 Å². The summed E-state index contributed by atoms with van der Waals surface area (Å²) < 4.78 is 0. The lowest BCUT2D eigenvalue weighted by atomic mass is 9.90. The van der Waals surface area contributed by atoms with Gasteiger partial charge in [0.2, 0.25) is 0 Å². The van der Waals surface area contributed by atoms with Crippen LogP contribution in [0.25, 0.3) is 0 Å². The molecule has 1 nitrogen and oxygen atoms in total. The highest BCUT2D eigenvalue weighted by molar-refractivity contribution is 5.01. The van der Waals surface area contributed by atoms with E-state index in [0.717, 1.165) is 12.1 Å². The van der Waals surface area contributed by atoms with Gasteiger partial charge in [-0.3, -0.25) is 0 Å². The summed E-state index contributed by atoms with van der Waals surface area (Å²) in [6.07, 6.45) is 0. The van der Waals surface area contributed by atoms with Gasteiger partial charge in [-0.2, -0.15) is 0 Å². The van der Waals surface area contributed by atoms with Gasteiger partial charge in [-0.25, -0.2) is 0 Å². The zero-order chi connectivity index (χ0) is 6.36. The van der Waals surface area contributed by atoms with E-state index in [1.807, 2.05) is 0 Å². The third-order valence-corrected chi connectivity index (χ3v) is 1.77. The molecule has 0 radical (unpaired) electrons. The molecule has 8 heavy (non-hydrogen) atoms. The normalized spacial score (nSPS) is 37.5. The van der Waals surface area contributed by atoms with E-state index in [9.17, 15) is 0 Å². The average Bonchev–Trinajstić information content (AvgIpc) is 2.13. The van der Waals surface area contributed by atoms with Crippen molar-refractivity contribution in [3.05, 3.63) is 0 Å². The summed E-state index contributed by atoms with van der Waals surface area (Å²) in [5, 5.41) is 3.37. The second-order valence-corrected chi connectivity index (χ2v) is 3.80. The molecule has 0 saturated carbocycles. The quantitative estimate of drug-likeness (QED) is 0.471. The molecule has 2 unspecified atom stereocenters. The van der Waals surface area contributed by atoms with E-state index in [1.165, 1.54) is 0 Å². The Kier molecular flexibility index (Phi) is 1.12. The average molecular weight is 113 g/mol. The molecule has 1 N–H and O–H groups in total. The van der Waals surface area contributed by atoms with Crippen molar-refractivity contribution in [1.29, 1.82) is 0 Å². The first-order chi connectivity index (χ1) is 3.52. The third kappa shape index (κ3) is 1.03. The summed E-state index contributed by atoms with van der Waals surface area (Å²) >= 11 is 0. The Bertz CT molecular complexity index is 91.1. The topological polar surface area (TPSA) is 21.9 Å². The molecule has 2 atom stereocenters. The van der Waals surface area contributed by atoms with Gasteiger partial charge in [-0.1, -0.05) is 20.8 Å². The molecule has 1 saturated heterocycles. The van der Waals surface area contributed by atoms with Crippen LogP contribution in [-0.2, 0) is 0 Å². The van der Waals surface area contributed by atoms with Gasteiger partial charge in [0.1, 0.15) is 0 Å². The molecular formula is C7H15N. The monoisotopic (exact) mass is 113 g/mol. The fourth-order valence-corrected chi connectivity index (χ4v) is 1.23. The predicted octanol–water partition coefficient (Wildman–Crippen LogP) is 1.39. The molecule has 1 rings (SSSR count). The van der Waals surface area contributed by atoms with E-state index in [1.54, 1.807) is 0 Å². The minimum atomic E-state index is 0.472. The van der Waals surface area contributed by atoms with Crippen LogP contribution >= 0.6 is 0 Å². The maximum Gasteiger partial charge on any atom is 0.0270 e. The van der Waals surface area contributed by atoms with Gasteiger partial charge < -0.3 is 5.32 Å². The number of hydrogen-bond donors (Lipinski definition) is 1. The molecule has 48 valence electrons. The number of rotatable bonds is 0. The lowest BCUT2D eigenvalue weighted by molar-refractivity contribution is 0.396. The van der Waals surface area contributed by atoms with Crippen LogP contribution in [0.15, 0.2) is 0 Å². The van der Waals surface area contributed by atoms with Gasteiger partial charge in [0.25, 0.3) is 0 Å². The second-order valence-electron chi connectivity index (χ2n) is 3.80. The van der Waals surface area contributed by atoms with E-state index in [-0.39, 0.29) is 0 Å². The standard InChI is InChI=1S/C7H15N/c1-5-6(8-5)7(2,3)4/h5-6,8H,1-4H3. The first-order valence-electron chi connectivity index (χ1n) is 3.28. The molecule has 0 spiro atoms. The molecule has 0 aromatic rings. The van der Waals surface area contributed by atoms with Crippen molar-refractivity contribution in [2.75, 3.05) is 0 Å². The smallest absolute Gasteiger partial charge is 0.0270 e. The summed E-state index contributed by atoms with van der Waals surface area (Å²) in [7, 11) is 0. The fraction of sp³-hybridized carbons (Fsp3) is 1.00. The predicted molar refractivity (Wildman–Crippen MR) is 35.8 cm³/mol. The number of hydrogen-bond acceptors (Lipinski definition) is 1. The maximum absolute atomic E-state index is 3.37. The van der Waals surface area contributed by atoms with Crippen molar-refractivity contribution in [2.45, 2.75) is 39.8 Å².